The number of amides is 1. The monoisotopic (exact) mass is 451 g/mol. The molecule has 5 nitrogen and oxygen atoms in total. The Balaban J connectivity index is 1.57. The van der Waals surface area contributed by atoms with Crippen LogP contribution in [0.15, 0.2) is 58.2 Å². The zero-order chi connectivity index (χ0) is 22.0. The van der Waals surface area contributed by atoms with Crippen LogP contribution in [0.2, 0.25) is 0 Å². The zero-order valence-electron chi connectivity index (χ0n) is 17.8. The van der Waals surface area contributed by atoms with Crippen molar-refractivity contribution in [1.82, 2.24) is 15.1 Å². The van der Waals surface area contributed by atoms with Gasteiger partial charge in [-0.15, -0.1) is 23.1 Å². The molecule has 160 valence electrons. The maximum atomic E-state index is 13.3. The summed E-state index contributed by atoms with van der Waals surface area (Å²) in [5.41, 5.74) is 1.74. The maximum Gasteiger partial charge on any atom is 0.276 e. The summed E-state index contributed by atoms with van der Waals surface area (Å²) in [7, 11) is 0. The molecule has 0 spiro atoms. The largest absolute Gasteiger partial charge is 0.354 e. The SMILES string of the molecule is CC[C@@H](C(=O)NCCc1ccc(SC)cc1)n1nc(C)c2sc3ccccc3c2c1=O. The fourth-order valence-corrected chi connectivity index (χ4v) is 5.34. The van der Waals surface area contributed by atoms with E-state index in [1.54, 1.807) is 23.1 Å². The Labute approximate surface area is 189 Å². The fourth-order valence-electron chi connectivity index (χ4n) is 3.80. The first-order valence-corrected chi connectivity index (χ1v) is 12.4. The lowest BCUT2D eigenvalue weighted by atomic mass is 10.1. The van der Waals surface area contributed by atoms with Crippen molar-refractivity contribution in [3.05, 3.63) is 70.1 Å². The molecule has 0 saturated carbocycles. The molecule has 0 radical (unpaired) electrons. The molecule has 2 heterocycles. The molecule has 0 aliphatic rings. The molecule has 7 heteroatoms. The van der Waals surface area contributed by atoms with E-state index in [0.29, 0.717) is 18.4 Å². The van der Waals surface area contributed by atoms with Gasteiger partial charge >= 0.3 is 0 Å². The third kappa shape index (κ3) is 4.25. The van der Waals surface area contributed by atoms with Crippen LogP contribution in [0.3, 0.4) is 0 Å². The Hall–Kier alpha value is -2.64. The number of benzene rings is 2. The quantitative estimate of drug-likeness (QED) is 0.404. The Morgan fingerprint density at radius 2 is 1.94 bits per heavy atom. The molecule has 31 heavy (non-hydrogen) atoms. The van der Waals surface area contributed by atoms with Gasteiger partial charge in [0.25, 0.3) is 5.56 Å². The van der Waals surface area contributed by atoms with Gasteiger partial charge in [0, 0.05) is 21.5 Å². The van der Waals surface area contributed by atoms with Crippen LogP contribution in [-0.4, -0.2) is 28.5 Å². The summed E-state index contributed by atoms with van der Waals surface area (Å²) >= 11 is 3.28. The lowest BCUT2D eigenvalue weighted by molar-refractivity contribution is -0.124. The maximum absolute atomic E-state index is 13.3. The topological polar surface area (TPSA) is 64.0 Å². The van der Waals surface area contributed by atoms with Crippen molar-refractivity contribution in [3.8, 4) is 0 Å². The van der Waals surface area contributed by atoms with Gasteiger partial charge in [-0.3, -0.25) is 9.59 Å². The van der Waals surface area contributed by atoms with Crippen LogP contribution in [0.1, 0.15) is 30.6 Å². The third-order valence-corrected chi connectivity index (χ3v) is 7.48. The second-order valence-corrected chi connectivity index (χ2v) is 9.38. The van der Waals surface area contributed by atoms with Gasteiger partial charge in [-0.2, -0.15) is 5.10 Å². The Kier molecular flexibility index (Phi) is 6.43. The highest BCUT2D eigenvalue weighted by atomic mass is 32.2. The molecule has 0 unspecified atom stereocenters. The van der Waals surface area contributed by atoms with Gasteiger partial charge in [0.15, 0.2) is 0 Å². The second kappa shape index (κ2) is 9.24. The Bertz CT molecular complexity index is 1290. The van der Waals surface area contributed by atoms with Gasteiger partial charge in [-0.05, 0) is 49.8 Å². The molecule has 1 N–H and O–H groups in total. The molecule has 2 aromatic carbocycles. The molecular weight excluding hydrogens is 426 g/mol. The average Bonchev–Trinajstić information content (AvgIpc) is 3.18. The smallest absolute Gasteiger partial charge is 0.276 e. The normalized spacial score (nSPS) is 12.4. The molecule has 0 fully saturated rings. The summed E-state index contributed by atoms with van der Waals surface area (Å²) in [5, 5.41) is 9.11. The van der Waals surface area contributed by atoms with Gasteiger partial charge in [-0.25, -0.2) is 4.68 Å². The number of fused-ring (bicyclic) bond motifs is 3. The van der Waals surface area contributed by atoms with E-state index in [-0.39, 0.29) is 11.5 Å². The molecule has 1 amide bonds. The number of nitrogens with one attached hydrogen (secondary N) is 1. The first-order chi connectivity index (χ1) is 15.0. The van der Waals surface area contributed by atoms with E-state index in [2.05, 4.69) is 34.7 Å². The van der Waals surface area contributed by atoms with Gasteiger partial charge in [0.05, 0.1) is 15.8 Å². The van der Waals surface area contributed by atoms with Crippen LogP contribution < -0.4 is 10.9 Å². The minimum Gasteiger partial charge on any atom is -0.354 e. The summed E-state index contributed by atoms with van der Waals surface area (Å²) < 4.78 is 3.33. The summed E-state index contributed by atoms with van der Waals surface area (Å²) in [6.07, 6.45) is 3.29. The van der Waals surface area contributed by atoms with E-state index >= 15 is 0 Å². The van der Waals surface area contributed by atoms with Crippen LogP contribution in [0.25, 0.3) is 20.2 Å². The van der Waals surface area contributed by atoms with Crippen LogP contribution in [-0.2, 0) is 11.2 Å². The number of carbonyl (C=O) groups is 1. The predicted octanol–water partition coefficient (Wildman–Crippen LogP) is 4.95. The van der Waals surface area contributed by atoms with E-state index in [4.69, 9.17) is 0 Å². The number of thiophene rings is 1. The fraction of sp³-hybridized carbons (Fsp3) is 0.292. The molecule has 4 rings (SSSR count). The first-order valence-electron chi connectivity index (χ1n) is 10.3. The predicted molar refractivity (Wildman–Crippen MR) is 130 cm³/mol. The number of carbonyl (C=O) groups excluding carboxylic acids is 1. The van der Waals surface area contributed by atoms with Gasteiger partial charge in [0.1, 0.15) is 6.04 Å². The molecule has 0 aliphatic heterocycles. The molecule has 1 atom stereocenters. The van der Waals surface area contributed by atoms with Crippen molar-refractivity contribution in [2.45, 2.75) is 37.6 Å². The Morgan fingerprint density at radius 1 is 1.19 bits per heavy atom. The van der Waals surface area contributed by atoms with Crippen LogP contribution >= 0.6 is 23.1 Å². The van der Waals surface area contributed by atoms with E-state index in [1.165, 1.54) is 15.1 Å². The molecule has 2 aromatic heterocycles. The third-order valence-electron chi connectivity index (χ3n) is 5.46. The zero-order valence-corrected chi connectivity index (χ0v) is 19.5. The van der Waals surface area contributed by atoms with Crippen molar-refractivity contribution in [2.75, 3.05) is 12.8 Å². The lowest BCUT2D eigenvalue weighted by Gasteiger charge is -2.17. The molecule has 0 aliphatic carbocycles. The van der Waals surface area contributed by atoms with E-state index in [1.807, 2.05) is 44.4 Å². The number of aryl methyl sites for hydroxylation is 1. The number of nitrogens with zero attached hydrogens (tertiary/aromatic N) is 2. The molecule has 4 aromatic rings. The molecule has 0 saturated heterocycles. The number of rotatable bonds is 7. The van der Waals surface area contributed by atoms with Gasteiger partial charge in [-0.1, -0.05) is 37.3 Å². The minimum atomic E-state index is -0.631. The lowest BCUT2D eigenvalue weighted by Crippen LogP contribution is -2.39. The van der Waals surface area contributed by atoms with E-state index < -0.39 is 6.04 Å². The Morgan fingerprint density at radius 3 is 2.65 bits per heavy atom. The van der Waals surface area contributed by atoms with Crippen LogP contribution in [0.4, 0.5) is 0 Å². The van der Waals surface area contributed by atoms with Gasteiger partial charge < -0.3 is 5.32 Å². The van der Waals surface area contributed by atoms with Crippen molar-refractivity contribution < 1.29 is 4.79 Å². The number of hydrogen-bond acceptors (Lipinski definition) is 5. The van der Waals surface area contributed by atoms with Gasteiger partial charge in [0.2, 0.25) is 5.91 Å². The highest BCUT2D eigenvalue weighted by molar-refractivity contribution is 7.98. The summed E-state index contributed by atoms with van der Waals surface area (Å²) in [4.78, 5) is 27.5. The average molecular weight is 452 g/mol. The number of thioether (sulfide) groups is 1. The summed E-state index contributed by atoms with van der Waals surface area (Å²) in [5.74, 6) is -0.170. The van der Waals surface area contributed by atoms with Crippen LogP contribution in [0.5, 0.6) is 0 Å². The number of hydrogen-bond donors (Lipinski definition) is 1. The number of aromatic nitrogens is 2. The molecular formula is C24H25N3O2S2. The molecule has 0 bridgehead atoms. The van der Waals surface area contributed by atoms with Crippen molar-refractivity contribution >= 4 is 49.2 Å². The first kappa shape index (κ1) is 21.6. The van der Waals surface area contributed by atoms with Crippen LogP contribution in [0, 0.1) is 6.92 Å². The summed E-state index contributed by atoms with van der Waals surface area (Å²) in [6.45, 7) is 4.33. The second-order valence-electron chi connectivity index (χ2n) is 7.45. The van der Waals surface area contributed by atoms with Crippen molar-refractivity contribution in [1.29, 1.82) is 0 Å². The van der Waals surface area contributed by atoms with E-state index in [9.17, 15) is 9.59 Å². The summed E-state index contributed by atoms with van der Waals surface area (Å²) in [6, 6.07) is 15.6. The minimum absolute atomic E-state index is 0.170. The standard InChI is InChI=1S/C24H25N3O2S2/c1-4-19(23(28)25-14-13-16-9-11-17(30-3)12-10-16)27-24(29)21-18-7-5-6-8-20(18)31-22(21)15(2)26-27/h5-12,19H,4,13-14H2,1-3H3,(H,25,28)/t19-/m0/s1. The highest BCUT2D eigenvalue weighted by Crippen LogP contribution is 2.33. The highest BCUT2D eigenvalue weighted by Gasteiger charge is 2.24. The van der Waals surface area contributed by atoms with Crippen molar-refractivity contribution in [3.63, 3.8) is 0 Å². The van der Waals surface area contributed by atoms with Crippen molar-refractivity contribution in [2.24, 2.45) is 0 Å². The van der Waals surface area contributed by atoms with E-state index in [0.717, 1.165) is 26.9 Å².